The van der Waals surface area contributed by atoms with E-state index < -0.39 is 16.7 Å². The molecule has 1 aromatic heterocycles. The first-order valence-electron chi connectivity index (χ1n) is 3.06. The molecule has 0 saturated carbocycles. The van der Waals surface area contributed by atoms with Gasteiger partial charge in [0.15, 0.2) is 0 Å². The highest BCUT2D eigenvalue weighted by Crippen LogP contribution is 2.17. The Labute approximate surface area is 80.5 Å². The van der Waals surface area contributed by atoms with Gasteiger partial charge >= 0.3 is 11.8 Å². The molecule has 0 fully saturated rings. The number of nitrogens with zero attached hydrogens (tertiary/aromatic N) is 2. The Morgan fingerprint density at radius 3 is 2.69 bits per heavy atom. The molecular weight excluding hydrogens is 244 g/mol. The third-order valence-electron chi connectivity index (χ3n) is 1.18. The molecule has 1 rings (SSSR count). The lowest BCUT2D eigenvalue weighted by Gasteiger charge is -1.93. The maximum absolute atomic E-state index is 10.4. The van der Waals surface area contributed by atoms with Gasteiger partial charge in [0.05, 0.1) is 6.07 Å². The maximum atomic E-state index is 10.4. The summed E-state index contributed by atoms with van der Waals surface area (Å²) >= 11 is 2.94. The van der Waals surface area contributed by atoms with Gasteiger partial charge in [0.1, 0.15) is 0 Å². The van der Waals surface area contributed by atoms with Crippen molar-refractivity contribution >= 4 is 27.7 Å². The van der Waals surface area contributed by atoms with Crippen molar-refractivity contribution in [1.29, 1.82) is 0 Å². The van der Waals surface area contributed by atoms with Gasteiger partial charge in [-0.15, -0.1) is 0 Å². The summed E-state index contributed by atoms with van der Waals surface area (Å²) in [6, 6.07) is 2.32. The van der Waals surface area contributed by atoms with Crippen molar-refractivity contribution in [2.45, 2.75) is 0 Å². The van der Waals surface area contributed by atoms with E-state index in [9.17, 15) is 14.9 Å². The van der Waals surface area contributed by atoms with Gasteiger partial charge in [-0.1, -0.05) is 15.9 Å². The number of carbonyl (C=O) groups is 1. The van der Waals surface area contributed by atoms with E-state index in [0.29, 0.717) is 4.47 Å². The van der Waals surface area contributed by atoms with E-state index >= 15 is 0 Å². The summed E-state index contributed by atoms with van der Waals surface area (Å²) in [5.41, 5.74) is -0.360. The van der Waals surface area contributed by atoms with Crippen molar-refractivity contribution < 1.29 is 14.8 Å². The molecule has 1 N–H and O–H groups in total. The van der Waals surface area contributed by atoms with Gasteiger partial charge in [0, 0.05) is 10.5 Å². The number of carboxylic acids is 1. The summed E-state index contributed by atoms with van der Waals surface area (Å²) in [6.45, 7) is 0. The molecule has 0 unspecified atom stereocenters. The minimum Gasteiger partial charge on any atom is -0.475 e. The van der Waals surface area contributed by atoms with Crippen LogP contribution in [0, 0.1) is 10.1 Å². The molecule has 0 aromatic carbocycles. The minimum absolute atomic E-state index is 0.312. The van der Waals surface area contributed by atoms with Crippen LogP contribution in [0.3, 0.4) is 0 Å². The lowest BCUT2D eigenvalue weighted by Crippen LogP contribution is -2.02. The Kier molecular flexibility index (Phi) is 2.57. The van der Waals surface area contributed by atoms with Crippen LogP contribution >= 0.6 is 15.9 Å². The van der Waals surface area contributed by atoms with Crippen LogP contribution in [0.2, 0.25) is 0 Å². The SMILES string of the molecule is O=C(O)c1cc(Br)cc([N+](=O)[O-])n1. The molecule has 0 bridgehead atoms. The Morgan fingerprint density at radius 1 is 1.62 bits per heavy atom. The number of pyridine rings is 1. The highest BCUT2D eigenvalue weighted by atomic mass is 79.9. The fraction of sp³-hybridized carbons (Fsp3) is 0. The molecule has 1 aromatic rings. The van der Waals surface area contributed by atoms with Gasteiger partial charge in [-0.3, -0.25) is 0 Å². The molecule has 0 spiro atoms. The summed E-state index contributed by atoms with van der Waals surface area (Å²) in [6.07, 6.45) is 0. The molecule has 7 heteroatoms. The highest BCUT2D eigenvalue weighted by Gasteiger charge is 2.17. The average Bonchev–Trinajstić information content (AvgIpc) is 2.03. The molecule has 68 valence electrons. The van der Waals surface area contributed by atoms with Crippen LogP contribution in [-0.2, 0) is 0 Å². The molecule has 0 saturated heterocycles. The number of nitro groups is 1. The van der Waals surface area contributed by atoms with Crippen LogP contribution < -0.4 is 0 Å². The predicted molar refractivity (Wildman–Crippen MR) is 45.6 cm³/mol. The minimum atomic E-state index is -1.30. The van der Waals surface area contributed by atoms with E-state index in [1.165, 1.54) is 6.07 Å². The second kappa shape index (κ2) is 3.48. The predicted octanol–water partition coefficient (Wildman–Crippen LogP) is 1.45. The zero-order valence-corrected chi connectivity index (χ0v) is 7.69. The van der Waals surface area contributed by atoms with Crippen molar-refractivity contribution in [3.8, 4) is 0 Å². The Balaban J connectivity index is 3.26. The average molecular weight is 247 g/mol. The quantitative estimate of drug-likeness (QED) is 0.630. The lowest BCUT2D eigenvalue weighted by molar-refractivity contribution is -0.389. The van der Waals surface area contributed by atoms with Gasteiger partial charge in [0.2, 0.25) is 0 Å². The third-order valence-corrected chi connectivity index (χ3v) is 1.64. The van der Waals surface area contributed by atoms with E-state index in [1.54, 1.807) is 0 Å². The molecule has 0 aliphatic heterocycles. The summed E-state index contributed by atoms with van der Waals surface area (Å²) < 4.78 is 0.312. The Hall–Kier alpha value is -1.50. The molecule has 1 heterocycles. The fourth-order valence-corrected chi connectivity index (χ4v) is 1.11. The second-order valence-corrected chi connectivity index (χ2v) is 3.01. The van der Waals surface area contributed by atoms with Crippen LogP contribution in [0.25, 0.3) is 0 Å². The van der Waals surface area contributed by atoms with Crippen molar-refractivity contribution in [2.24, 2.45) is 0 Å². The molecule has 0 atom stereocenters. The molecule has 0 aliphatic rings. The molecule has 0 aliphatic carbocycles. The first-order valence-corrected chi connectivity index (χ1v) is 3.85. The van der Waals surface area contributed by atoms with Gasteiger partial charge in [-0.2, -0.15) is 0 Å². The number of rotatable bonds is 2. The molecule has 13 heavy (non-hydrogen) atoms. The van der Waals surface area contributed by atoms with Crippen molar-refractivity contribution in [3.63, 3.8) is 0 Å². The Morgan fingerprint density at radius 2 is 2.23 bits per heavy atom. The van der Waals surface area contributed by atoms with E-state index in [0.717, 1.165) is 6.07 Å². The summed E-state index contributed by atoms with van der Waals surface area (Å²) in [5, 5.41) is 18.8. The fourth-order valence-electron chi connectivity index (χ4n) is 0.687. The molecule has 6 nitrogen and oxygen atoms in total. The summed E-state index contributed by atoms with van der Waals surface area (Å²) in [7, 11) is 0. The summed E-state index contributed by atoms with van der Waals surface area (Å²) in [5.74, 6) is -1.80. The van der Waals surface area contributed by atoms with Gasteiger partial charge in [-0.25, -0.2) is 4.79 Å². The number of hydrogen-bond acceptors (Lipinski definition) is 4. The second-order valence-electron chi connectivity index (χ2n) is 2.09. The topological polar surface area (TPSA) is 93.3 Å². The number of aromatic nitrogens is 1. The van der Waals surface area contributed by atoms with Crippen LogP contribution in [0.15, 0.2) is 16.6 Å². The number of halogens is 1. The van der Waals surface area contributed by atoms with Gasteiger partial charge in [0.25, 0.3) is 5.69 Å². The smallest absolute Gasteiger partial charge is 0.380 e. The van der Waals surface area contributed by atoms with Crippen molar-refractivity contribution in [2.75, 3.05) is 0 Å². The van der Waals surface area contributed by atoms with Crippen LogP contribution in [0.5, 0.6) is 0 Å². The maximum Gasteiger partial charge on any atom is 0.380 e. The van der Waals surface area contributed by atoms with E-state index in [-0.39, 0.29) is 5.69 Å². The number of carboxylic acid groups (broad SMARTS) is 1. The number of aromatic carboxylic acids is 1. The van der Waals surface area contributed by atoms with Crippen LogP contribution in [-0.4, -0.2) is 21.0 Å². The van der Waals surface area contributed by atoms with E-state index in [2.05, 4.69) is 20.9 Å². The third kappa shape index (κ3) is 2.22. The van der Waals surface area contributed by atoms with E-state index in [1.807, 2.05) is 0 Å². The van der Waals surface area contributed by atoms with Gasteiger partial charge < -0.3 is 15.2 Å². The van der Waals surface area contributed by atoms with Gasteiger partial charge in [-0.05, 0) is 9.91 Å². The van der Waals surface area contributed by atoms with Crippen LogP contribution in [0.1, 0.15) is 10.5 Å². The normalized spacial score (nSPS) is 9.62. The largest absolute Gasteiger partial charge is 0.475 e. The van der Waals surface area contributed by atoms with Crippen molar-refractivity contribution in [3.05, 3.63) is 32.4 Å². The zero-order chi connectivity index (χ0) is 10.0. The zero-order valence-electron chi connectivity index (χ0n) is 6.10. The molecule has 0 radical (unpaired) electrons. The van der Waals surface area contributed by atoms with Crippen LogP contribution in [0.4, 0.5) is 5.82 Å². The summed E-state index contributed by atoms with van der Waals surface area (Å²) in [4.78, 5) is 23.2. The van der Waals surface area contributed by atoms with Crippen molar-refractivity contribution in [1.82, 2.24) is 4.98 Å². The first kappa shape index (κ1) is 9.59. The molecular formula is C6H3BrN2O4. The monoisotopic (exact) mass is 246 g/mol. The lowest BCUT2D eigenvalue weighted by atomic mass is 10.3. The standard InChI is InChI=1S/C6H3BrN2O4/c7-3-1-4(6(10)11)8-5(2-3)9(12)13/h1-2H,(H,10,11). The number of hydrogen-bond donors (Lipinski definition) is 1. The van der Waals surface area contributed by atoms with E-state index in [4.69, 9.17) is 5.11 Å². The first-order chi connectivity index (χ1) is 6.00. The molecule has 0 amide bonds. The Bertz CT molecular complexity index is 347. The highest BCUT2D eigenvalue weighted by molar-refractivity contribution is 9.10.